The standard InChI is InChI=1S/C20H20N2/c1-3-11-17-15(7-1)9-5-13-19(17)21-22-20-14-6-10-16-8-2-4-12-18(16)20/h1-4,7-8,11-12H,5-6,9-10,13-14H2/b21-19-,22-20+. The van der Waals surface area contributed by atoms with Crippen molar-refractivity contribution < 1.29 is 0 Å². The SMILES string of the molecule is c1ccc2c(c1)CCC/C2=N/N=C1\CCCc2ccccc21. The molecule has 2 aliphatic carbocycles. The summed E-state index contributed by atoms with van der Waals surface area (Å²) in [5.41, 5.74) is 7.72. The Morgan fingerprint density at radius 3 is 1.50 bits per heavy atom. The van der Waals surface area contributed by atoms with E-state index in [4.69, 9.17) is 0 Å². The Bertz CT molecular complexity index is 690. The van der Waals surface area contributed by atoms with Crippen LogP contribution < -0.4 is 0 Å². The van der Waals surface area contributed by atoms with Gasteiger partial charge in [-0.05, 0) is 49.7 Å². The zero-order valence-corrected chi connectivity index (χ0v) is 12.8. The van der Waals surface area contributed by atoms with Gasteiger partial charge in [0, 0.05) is 11.1 Å². The molecule has 0 atom stereocenters. The van der Waals surface area contributed by atoms with Crippen LogP contribution in [0.15, 0.2) is 58.7 Å². The summed E-state index contributed by atoms with van der Waals surface area (Å²) in [5.74, 6) is 0. The van der Waals surface area contributed by atoms with Gasteiger partial charge in [-0.2, -0.15) is 10.2 Å². The van der Waals surface area contributed by atoms with E-state index in [1.807, 2.05) is 0 Å². The molecule has 0 saturated heterocycles. The second kappa shape index (κ2) is 5.88. The number of hydrogen-bond donors (Lipinski definition) is 0. The van der Waals surface area contributed by atoms with Crippen LogP contribution in [0.1, 0.15) is 47.9 Å². The first-order chi connectivity index (χ1) is 10.9. The number of benzene rings is 2. The molecule has 110 valence electrons. The number of fused-ring (bicyclic) bond motifs is 2. The van der Waals surface area contributed by atoms with Crippen LogP contribution in [0.3, 0.4) is 0 Å². The van der Waals surface area contributed by atoms with Gasteiger partial charge < -0.3 is 0 Å². The van der Waals surface area contributed by atoms with Crippen LogP contribution in [0.4, 0.5) is 0 Å². The minimum absolute atomic E-state index is 1.04. The molecular weight excluding hydrogens is 268 g/mol. The molecule has 0 unspecified atom stereocenters. The van der Waals surface area contributed by atoms with Crippen LogP contribution >= 0.6 is 0 Å². The van der Waals surface area contributed by atoms with Crippen molar-refractivity contribution in [3.8, 4) is 0 Å². The molecule has 0 aromatic heterocycles. The summed E-state index contributed by atoms with van der Waals surface area (Å²) in [6.07, 6.45) is 6.75. The highest BCUT2D eigenvalue weighted by atomic mass is 15.2. The number of rotatable bonds is 1. The molecule has 0 heterocycles. The van der Waals surface area contributed by atoms with Crippen LogP contribution in [0, 0.1) is 0 Å². The van der Waals surface area contributed by atoms with Crippen LogP contribution in [-0.2, 0) is 12.8 Å². The second-order valence-corrected chi connectivity index (χ2v) is 6.11. The molecule has 2 nitrogen and oxygen atoms in total. The number of aryl methyl sites for hydroxylation is 2. The molecule has 0 bridgehead atoms. The van der Waals surface area contributed by atoms with Gasteiger partial charge in [-0.25, -0.2) is 0 Å². The fraction of sp³-hybridized carbons (Fsp3) is 0.300. The lowest BCUT2D eigenvalue weighted by atomic mass is 9.90. The molecule has 2 aromatic rings. The first-order valence-corrected chi connectivity index (χ1v) is 8.22. The van der Waals surface area contributed by atoms with Crippen molar-refractivity contribution in [2.45, 2.75) is 38.5 Å². The Morgan fingerprint density at radius 2 is 1.00 bits per heavy atom. The third-order valence-electron chi connectivity index (χ3n) is 4.67. The van der Waals surface area contributed by atoms with Gasteiger partial charge in [-0.15, -0.1) is 0 Å². The molecule has 0 aliphatic heterocycles. The molecule has 4 rings (SSSR count). The van der Waals surface area contributed by atoms with E-state index in [2.05, 4.69) is 58.7 Å². The Hall–Kier alpha value is -2.22. The van der Waals surface area contributed by atoms with Crippen molar-refractivity contribution in [1.82, 2.24) is 0 Å². The van der Waals surface area contributed by atoms with Gasteiger partial charge in [0.2, 0.25) is 0 Å². The quantitative estimate of drug-likeness (QED) is 0.688. The minimum atomic E-state index is 1.04. The van der Waals surface area contributed by atoms with Crippen molar-refractivity contribution in [3.63, 3.8) is 0 Å². The molecule has 2 heteroatoms. The largest absolute Gasteiger partial charge is 0.155 e. The molecule has 0 amide bonds. The topological polar surface area (TPSA) is 24.7 Å². The van der Waals surface area contributed by atoms with E-state index in [-0.39, 0.29) is 0 Å². The van der Waals surface area contributed by atoms with E-state index in [0.717, 1.165) is 37.1 Å². The molecule has 0 radical (unpaired) electrons. The lowest BCUT2D eigenvalue weighted by Crippen LogP contribution is -2.13. The normalized spacial score (nSPS) is 20.7. The fourth-order valence-electron chi connectivity index (χ4n) is 3.53. The van der Waals surface area contributed by atoms with Gasteiger partial charge in [-0.3, -0.25) is 0 Å². The summed E-state index contributed by atoms with van der Waals surface area (Å²) in [4.78, 5) is 0. The van der Waals surface area contributed by atoms with Gasteiger partial charge in [-0.1, -0.05) is 48.5 Å². The zero-order valence-electron chi connectivity index (χ0n) is 12.8. The van der Waals surface area contributed by atoms with Crippen molar-refractivity contribution in [3.05, 3.63) is 70.8 Å². The van der Waals surface area contributed by atoms with E-state index in [9.17, 15) is 0 Å². The van der Waals surface area contributed by atoms with Crippen LogP contribution in [0.5, 0.6) is 0 Å². The number of hydrogen-bond acceptors (Lipinski definition) is 2. The molecule has 22 heavy (non-hydrogen) atoms. The molecule has 0 fully saturated rings. The Kier molecular flexibility index (Phi) is 3.59. The van der Waals surface area contributed by atoms with Gasteiger partial charge >= 0.3 is 0 Å². The summed E-state index contributed by atoms with van der Waals surface area (Å²) in [6.45, 7) is 0. The van der Waals surface area contributed by atoms with E-state index in [1.165, 1.54) is 35.1 Å². The Morgan fingerprint density at radius 1 is 0.545 bits per heavy atom. The minimum Gasteiger partial charge on any atom is -0.155 e. The average Bonchev–Trinajstić information content (AvgIpc) is 2.60. The maximum absolute atomic E-state index is 4.65. The Labute approximate surface area is 131 Å². The molecule has 0 saturated carbocycles. The predicted molar refractivity (Wildman–Crippen MR) is 91.8 cm³/mol. The van der Waals surface area contributed by atoms with Crippen molar-refractivity contribution in [2.75, 3.05) is 0 Å². The third kappa shape index (κ3) is 2.50. The molecular formula is C20H20N2. The number of nitrogens with zero attached hydrogens (tertiary/aromatic N) is 2. The second-order valence-electron chi connectivity index (χ2n) is 6.11. The van der Waals surface area contributed by atoms with Crippen molar-refractivity contribution >= 4 is 11.4 Å². The zero-order chi connectivity index (χ0) is 14.8. The maximum Gasteiger partial charge on any atom is 0.0705 e. The molecule has 0 N–H and O–H groups in total. The summed E-state index contributed by atoms with van der Waals surface area (Å²) < 4.78 is 0. The lowest BCUT2D eigenvalue weighted by molar-refractivity contribution is 0.826. The smallest absolute Gasteiger partial charge is 0.0705 e. The van der Waals surface area contributed by atoms with Gasteiger partial charge in [0.1, 0.15) is 0 Å². The molecule has 2 aliphatic rings. The predicted octanol–water partition coefficient (Wildman–Crippen LogP) is 4.55. The van der Waals surface area contributed by atoms with Crippen LogP contribution in [0.2, 0.25) is 0 Å². The first-order valence-electron chi connectivity index (χ1n) is 8.22. The summed E-state index contributed by atoms with van der Waals surface area (Å²) in [6, 6.07) is 17.2. The summed E-state index contributed by atoms with van der Waals surface area (Å²) in [5, 5.41) is 9.30. The van der Waals surface area contributed by atoms with E-state index in [1.54, 1.807) is 0 Å². The van der Waals surface area contributed by atoms with Crippen molar-refractivity contribution in [2.24, 2.45) is 10.2 Å². The average molecular weight is 288 g/mol. The summed E-state index contributed by atoms with van der Waals surface area (Å²) in [7, 11) is 0. The molecule has 2 aromatic carbocycles. The Balaban J connectivity index is 1.71. The van der Waals surface area contributed by atoms with Gasteiger partial charge in [0.05, 0.1) is 11.4 Å². The van der Waals surface area contributed by atoms with E-state index >= 15 is 0 Å². The fourth-order valence-corrected chi connectivity index (χ4v) is 3.53. The highest BCUT2D eigenvalue weighted by Crippen LogP contribution is 2.24. The lowest BCUT2D eigenvalue weighted by Gasteiger charge is -2.18. The van der Waals surface area contributed by atoms with Crippen molar-refractivity contribution in [1.29, 1.82) is 0 Å². The monoisotopic (exact) mass is 288 g/mol. The first kappa shape index (κ1) is 13.4. The molecule has 0 spiro atoms. The van der Waals surface area contributed by atoms with Gasteiger partial charge in [0.15, 0.2) is 0 Å². The highest BCUT2D eigenvalue weighted by Gasteiger charge is 2.17. The highest BCUT2D eigenvalue weighted by molar-refractivity contribution is 6.05. The maximum atomic E-state index is 4.65. The van der Waals surface area contributed by atoms with Crippen LogP contribution in [0.25, 0.3) is 0 Å². The van der Waals surface area contributed by atoms with E-state index in [0.29, 0.717) is 0 Å². The van der Waals surface area contributed by atoms with Gasteiger partial charge in [0.25, 0.3) is 0 Å². The summed E-state index contributed by atoms with van der Waals surface area (Å²) >= 11 is 0. The van der Waals surface area contributed by atoms with Crippen LogP contribution in [-0.4, -0.2) is 11.4 Å². The van der Waals surface area contributed by atoms with E-state index < -0.39 is 0 Å². The third-order valence-corrected chi connectivity index (χ3v) is 4.67.